The Kier molecular flexibility index (Phi) is 3.88. The third kappa shape index (κ3) is 2.84. The van der Waals surface area contributed by atoms with Gasteiger partial charge in [-0.2, -0.15) is 0 Å². The number of aromatic nitrogens is 2. The van der Waals surface area contributed by atoms with Gasteiger partial charge in [0.05, 0.1) is 0 Å². The summed E-state index contributed by atoms with van der Waals surface area (Å²) in [6.07, 6.45) is 2.81. The molecule has 0 saturated heterocycles. The van der Waals surface area contributed by atoms with Crippen LogP contribution in [0.15, 0.2) is 41.1 Å². The van der Waals surface area contributed by atoms with Crippen molar-refractivity contribution < 1.29 is 9.90 Å². The molecule has 0 aliphatic heterocycles. The normalized spacial score (nSPS) is 10.1. The minimum absolute atomic E-state index is 0.0791. The molecular formula is C12H10BrN3O2. The first-order chi connectivity index (χ1) is 8.68. The molecule has 92 valence electrons. The topological polar surface area (TPSA) is 75.1 Å². The first kappa shape index (κ1) is 12.5. The van der Waals surface area contributed by atoms with E-state index in [-0.39, 0.29) is 11.5 Å². The molecule has 0 spiro atoms. The fourth-order valence-electron chi connectivity index (χ4n) is 1.44. The van der Waals surface area contributed by atoms with Crippen molar-refractivity contribution in [1.29, 1.82) is 0 Å². The van der Waals surface area contributed by atoms with E-state index < -0.39 is 5.97 Å². The Hall–Kier alpha value is -1.95. The van der Waals surface area contributed by atoms with Gasteiger partial charge in [-0.15, -0.1) is 0 Å². The van der Waals surface area contributed by atoms with Gasteiger partial charge in [-0.25, -0.2) is 14.8 Å². The number of nitrogens with one attached hydrogen (secondary N) is 1. The van der Waals surface area contributed by atoms with E-state index in [9.17, 15) is 4.79 Å². The summed E-state index contributed by atoms with van der Waals surface area (Å²) in [5.74, 6) is -0.835. The lowest BCUT2D eigenvalue weighted by molar-refractivity contribution is 0.0691. The molecule has 0 bridgehead atoms. The Morgan fingerprint density at radius 3 is 2.72 bits per heavy atom. The number of aromatic carboxylic acids is 1. The summed E-state index contributed by atoms with van der Waals surface area (Å²) in [6, 6.07) is 7.69. The van der Waals surface area contributed by atoms with Gasteiger partial charge < -0.3 is 10.4 Å². The number of carboxylic acids is 1. The third-order valence-electron chi connectivity index (χ3n) is 2.30. The van der Waals surface area contributed by atoms with Gasteiger partial charge in [-0.3, -0.25) is 0 Å². The Balaban J connectivity index is 2.16. The van der Waals surface area contributed by atoms with Crippen molar-refractivity contribution in [3.8, 4) is 0 Å². The Bertz CT molecular complexity index is 575. The van der Waals surface area contributed by atoms with E-state index in [1.54, 1.807) is 0 Å². The molecule has 1 aromatic heterocycles. The molecule has 0 aliphatic carbocycles. The molecule has 1 heterocycles. The minimum Gasteiger partial charge on any atom is -0.476 e. The van der Waals surface area contributed by atoms with Crippen LogP contribution < -0.4 is 5.32 Å². The average molecular weight is 308 g/mol. The molecule has 2 rings (SSSR count). The second kappa shape index (κ2) is 5.59. The molecule has 0 amide bonds. The minimum atomic E-state index is -1.10. The van der Waals surface area contributed by atoms with Crippen LogP contribution in [0.25, 0.3) is 0 Å². The maximum absolute atomic E-state index is 10.9. The highest BCUT2D eigenvalue weighted by Crippen LogP contribution is 2.17. The maximum Gasteiger partial charge on any atom is 0.358 e. The molecule has 18 heavy (non-hydrogen) atoms. The van der Waals surface area contributed by atoms with Gasteiger partial charge in [0.2, 0.25) is 0 Å². The molecule has 5 nitrogen and oxygen atoms in total. The zero-order chi connectivity index (χ0) is 13.0. The Labute approximate surface area is 112 Å². The van der Waals surface area contributed by atoms with Crippen LogP contribution in [0.1, 0.15) is 16.1 Å². The van der Waals surface area contributed by atoms with E-state index >= 15 is 0 Å². The molecule has 2 aromatic rings. The molecule has 0 atom stereocenters. The number of rotatable bonds is 4. The van der Waals surface area contributed by atoms with Crippen LogP contribution in [-0.4, -0.2) is 21.0 Å². The summed E-state index contributed by atoms with van der Waals surface area (Å²) in [4.78, 5) is 18.7. The van der Waals surface area contributed by atoms with E-state index in [0.717, 1.165) is 10.0 Å². The van der Waals surface area contributed by atoms with Crippen molar-refractivity contribution >= 4 is 27.7 Å². The van der Waals surface area contributed by atoms with E-state index in [1.807, 2.05) is 24.3 Å². The summed E-state index contributed by atoms with van der Waals surface area (Å²) in [7, 11) is 0. The number of benzene rings is 1. The van der Waals surface area contributed by atoms with Gasteiger partial charge in [-0.05, 0) is 11.6 Å². The molecule has 0 unspecified atom stereocenters. The lowest BCUT2D eigenvalue weighted by atomic mass is 10.2. The van der Waals surface area contributed by atoms with E-state index in [0.29, 0.717) is 6.54 Å². The highest BCUT2D eigenvalue weighted by molar-refractivity contribution is 9.10. The zero-order valence-corrected chi connectivity index (χ0v) is 10.9. The van der Waals surface area contributed by atoms with Crippen LogP contribution in [0.2, 0.25) is 0 Å². The van der Waals surface area contributed by atoms with Gasteiger partial charge in [-0.1, -0.05) is 34.1 Å². The Morgan fingerprint density at radius 2 is 2.00 bits per heavy atom. The van der Waals surface area contributed by atoms with Crippen LogP contribution in [0.5, 0.6) is 0 Å². The summed E-state index contributed by atoms with van der Waals surface area (Å²) >= 11 is 3.42. The number of carboxylic acid groups (broad SMARTS) is 1. The number of halogens is 1. The van der Waals surface area contributed by atoms with Crippen molar-refractivity contribution in [2.24, 2.45) is 0 Å². The number of nitrogens with zero attached hydrogens (tertiary/aromatic N) is 2. The third-order valence-corrected chi connectivity index (χ3v) is 3.08. The maximum atomic E-state index is 10.9. The molecule has 0 fully saturated rings. The number of anilines is 1. The number of carbonyl (C=O) groups is 1. The Morgan fingerprint density at radius 1 is 1.28 bits per heavy atom. The van der Waals surface area contributed by atoms with E-state index in [4.69, 9.17) is 5.11 Å². The molecule has 6 heteroatoms. The van der Waals surface area contributed by atoms with E-state index in [2.05, 4.69) is 31.2 Å². The van der Waals surface area contributed by atoms with Gasteiger partial charge in [0.25, 0.3) is 0 Å². The quantitative estimate of drug-likeness (QED) is 0.908. The number of hydrogen-bond donors (Lipinski definition) is 2. The molecule has 0 saturated carbocycles. The van der Waals surface area contributed by atoms with Crippen molar-refractivity contribution in [1.82, 2.24) is 9.97 Å². The standard InChI is InChI=1S/C12H10BrN3O2/c13-9-4-2-1-3-8(9)7-16-11-10(12(17)18)14-5-6-15-11/h1-6H,7H2,(H,15,16)(H,17,18). The average Bonchev–Trinajstić information content (AvgIpc) is 2.38. The molecule has 0 aliphatic rings. The van der Waals surface area contributed by atoms with Crippen LogP contribution in [0.4, 0.5) is 5.82 Å². The monoisotopic (exact) mass is 307 g/mol. The first-order valence-corrected chi connectivity index (χ1v) is 5.99. The molecule has 2 N–H and O–H groups in total. The fraction of sp³-hybridized carbons (Fsp3) is 0.0833. The van der Waals surface area contributed by atoms with Crippen LogP contribution >= 0.6 is 15.9 Å². The summed E-state index contributed by atoms with van der Waals surface area (Å²) in [5, 5.41) is 11.9. The summed E-state index contributed by atoms with van der Waals surface area (Å²) in [6.45, 7) is 0.473. The van der Waals surface area contributed by atoms with Crippen molar-refractivity contribution in [3.05, 3.63) is 52.4 Å². The van der Waals surface area contributed by atoms with Gasteiger partial charge in [0.1, 0.15) is 0 Å². The summed E-state index contributed by atoms with van der Waals surface area (Å²) < 4.78 is 0.957. The zero-order valence-electron chi connectivity index (χ0n) is 9.30. The van der Waals surface area contributed by atoms with Crippen LogP contribution in [-0.2, 0) is 6.54 Å². The van der Waals surface area contributed by atoms with Crippen molar-refractivity contribution in [2.75, 3.05) is 5.32 Å². The summed E-state index contributed by atoms with van der Waals surface area (Å²) in [5.41, 5.74) is 0.934. The van der Waals surface area contributed by atoms with Gasteiger partial charge >= 0.3 is 5.97 Å². The first-order valence-electron chi connectivity index (χ1n) is 5.20. The predicted molar refractivity (Wildman–Crippen MR) is 70.5 cm³/mol. The second-order valence-electron chi connectivity index (χ2n) is 3.50. The van der Waals surface area contributed by atoms with Crippen LogP contribution in [0, 0.1) is 0 Å². The largest absolute Gasteiger partial charge is 0.476 e. The molecule has 1 aromatic carbocycles. The van der Waals surface area contributed by atoms with Crippen molar-refractivity contribution in [3.63, 3.8) is 0 Å². The fourth-order valence-corrected chi connectivity index (χ4v) is 1.87. The highest BCUT2D eigenvalue weighted by Gasteiger charge is 2.12. The molecular weight excluding hydrogens is 298 g/mol. The predicted octanol–water partition coefficient (Wildman–Crippen LogP) is 2.55. The number of hydrogen-bond acceptors (Lipinski definition) is 4. The lowest BCUT2D eigenvalue weighted by Gasteiger charge is -2.08. The van der Waals surface area contributed by atoms with Crippen LogP contribution in [0.3, 0.4) is 0 Å². The highest BCUT2D eigenvalue weighted by atomic mass is 79.9. The molecule has 0 radical (unpaired) electrons. The van der Waals surface area contributed by atoms with Gasteiger partial charge in [0, 0.05) is 23.4 Å². The van der Waals surface area contributed by atoms with E-state index in [1.165, 1.54) is 12.4 Å². The smallest absolute Gasteiger partial charge is 0.358 e. The SMILES string of the molecule is O=C(O)c1nccnc1NCc1ccccc1Br. The van der Waals surface area contributed by atoms with Gasteiger partial charge in [0.15, 0.2) is 11.5 Å². The lowest BCUT2D eigenvalue weighted by Crippen LogP contribution is -2.10. The van der Waals surface area contributed by atoms with Crippen molar-refractivity contribution in [2.45, 2.75) is 6.54 Å². The second-order valence-corrected chi connectivity index (χ2v) is 4.36.